The Hall–Kier alpha value is -2.07. The van der Waals surface area contributed by atoms with E-state index in [9.17, 15) is 18.0 Å². The summed E-state index contributed by atoms with van der Waals surface area (Å²) in [4.78, 5) is 16.4. The molecule has 0 unspecified atom stereocenters. The molecular formula is C13H14F3N3O. The number of carbonyl (C=O) groups is 1. The number of hydrogen-bond donors (Lipinski definition) is 1. The SMILES string of the molecule is CCN(CC(F)(F)F)C(=O)c1ccc(C#CCN)cn1. The first-order chi connectivity index (χ1) is 9.37. The van der Waals surface area contributed by atoms with Crippen LogP contribution >= 0.6 is 0 Å². The second-order valence-electron chi connectivity index (χ2n) is 3.87. The predicted molar refractivity (Wildman–Crippen MR) is 67.8 cm³/mol. The molecule has 7 heteroatoms. The molecule has 1 aromatic rings. The van der Waals surface area contributed by atoms with E-state index in [0.29, 0.717) is 10.5 Å². The number of hydrogen-bond acceptors (Lipinski definition) is 3. The van der Waals surface area contributed by atoms with E-state index in [2.05, 4.69) is 16.8 Å². The number of nitrogens with two attached hydrogens (primary N) is 1. The van der Waals surface area contributed by atoms with Gasteiger partial charge in [-0.2, -0.15) is 13.2 Å². The van der Waals surface area contributed by atoms with Gasteiger partial charge in [-0.1, -0.05) is 11.8 Å². The topological polar surface area (TPSA) is 59.2 Å². The molecule has 108 valence electrons. The minimum atomic E-state index is -4.43. The Bertz CT molecular complexity index is 514. The maximum Gasteiger partial charge on any atom is 0.406 e. The van der Waals surface area contributed by atoms with Crippen molar-refractivity contribution >= 4 is 5.91 Å². The molecule has 1 rings (SSSR count). The number of nitrogens with zero attached hydrogens (tertiary/aromatic N) is 2. The van der Waals surface area contributed by atoms with Crippen LogP contribution in [-0.4, -0.2) is 41.6 Å². The average Bonchev–Trinajstić information content (AvgIpc) is 2.41. The van der Waals surface area contributed by atoms with Crippen LogP contribution in [0.25, 0.3) is 0 Å². The lowest BCUT2D eigenvalue weighted by Crippen LogP contribution is -2.39. The molecule has 1 aromatic heterocycles. The zero-order valence-corrected chi connectivity index (χ0v) is 10.9. The van der Waals surface area contributed by atoms with Crippen LogP contribution < -0.4 is 5.73 Å². The molecule has 0 fully saturated rings. The second kappa shape index (κ2) is 6.91. The highest BCUT2D eigenvalue weighted by Gasteiger charge is 2.32. The summed E-state index contributed by atoms with van der Waals surface area (Å²) in [5.74, 6) is 4.56. The van der Waals surface area contributed by atoms with Crippen molar-refractivity contribution in [3.05, 3.63) is 29.6 Å². The monoisotopic (exact) mass is 285 g/mol. The molecule has 0 aliphatic rings. The zero-order valence-electron chi connectivity index (χ0n) is 10.9. The van der Waals surface area contributed by atoms with E-state index < -0.39 is 18.6 Å². The van der Waals surface area contributed by atoms with Gasteiger partial charge in [0.15, 0.2) is 0 Å². The Morgan fingerprint density at radius 1 is 1.45 bits per heavy atom. The summed E-state index contributed by atoms with van der Waals surface area (Å²) in [5.41, 5.74) is 5.71. The van der Waals surface area contributed by atoms with Gasteiger partial charge < -0.3 is 10.6 Å². The molecule has 1 heterocycles. The van der Waals surface area contributed by atoms with Crippen LogP contribution in [0, 0.1) is 11.8 Å². The maximum absolute atomic E-state index is 12.3. The molecule has 0 spiro atoms. The van der Waals surface area contributed by atoms with Gasteiger partial charge in [0.2, 0.25) is 0 Å². The molecule has 1 amide bonds. The molecule has 0 saturated carbocycles. The quantitative estimate of drug-likeness (QED) is 0.854. The summed E-state index contributed by atoms with van der Waals surface area (Å²) in [5, 5.41) is 0. The number of halogens is 3. The fourth-order valence-corrected chi connectivity index (χ4v) is 1.45. The molecule has 0 atom stereocenters. The van der Waals surface area contributed by atoms with Gasteiger partial charge in [0.25, 0.3) is 5.91 Å². The number of pyridine rings is 1. The molecule has 0 saturated heterocycles. The van der Waals surface area contributed by atoms with E-state index in [0.717, 1.165) is 0 Å². The van der Waals surface area contributed by atoms with E-state index in [1.54, 1.807) is 0 Å². The van der Waals surface area contributed by atoms with Crippen LogP contribution in [-0.2, 0) is 0 Å². The van der Waals surface area contributed by atoms with Crippen molar-refractivity contribution in [2.75, 3.05) is 19.6 Å². The number of aromatic nitrogens is 1. The summed E-state index contributed by atoms with van der Waals surface area (Å²) >= 11 is 0. The standard InChI is InChI=1S/C13H14F3N3O/c1-2-19(9-13(14,15)16)12(20)11-6-5-10(8-18-11)4-3-7-17/h5-6,8H,2,7,9,17H2,1H3. The first-order valence-corrected chi connectivity index (χ1v) is 5.88. The van der Waals surface area contributed by atoms with Gasteiger partial charge in [0.05, 0.1) is 6.54 Å². The van der Waals surface area contributed by atoms with Crippen molar-refractivity contribution in [3.63, 3.8) is 0 Å². The number of amides is 1. The lowest BCUT2D eigenvalue weighted by atomic mass is 10.2. The largest absolute Gasteiger partial charge is 0.406 e. The Morgan fingerprint density at radius 3 is 2.60 bits per heavy atom. The van der Waals surface area contributed by atoms with E-state index in [1.165, 1.54) is 25.3 Å². The summed E-state index contributed by atoms with van der Waals surface area (Å²) in [6, 6.07) is 2.87. The molecule has 0 radical (unpaired) electrons. The molecule has 0 aliphatic heterocycles. The van der Waals surface area contributed by atoms with Gasteiger partial charge in [-0.05, 0) is 19.1 Å². The number of rotatable bonds is 3. The Balaban J connectivity index is 2.85. The third-order valence-electron chi connectivity index (χ3n) is 2.36. The van der Waals surface area contributed by atoms with E-state index in [1.807, 2.05) is 0 Å². The highest BCUT2D eigenvalue weighted by Crippen LogP contribution is 2.17. The summed E-state index contributed by atoms with van der Waals surface area (Å²) in [6.07, 6.45) is -3.10. The number of carbonyl (C=O) groups excluding carboxylic acids is 1. The first-order valence-electron chi connectivity index (χ1n) is 5.88. The smallest absolute Gasteiger partial charge is 0.328 e. The molecule has 2 N–H and O–H groups in total. The van der Waals surface area contributed by atoms with E-state index >= 15 is 0 Å². The molecule has 0 bridgehead atoms. The van der Waals surface area contributed by atoms with E-state index in [-0.39, 0.29) is 18.8 Å². The minimum Gasteiger partial charge on any atom is -0.328 e. The predicted octanol–water partition coefficient (Wildman–Crippen LogP) is 1.42. The zero-order chi connectivity index (χ0) is 15.2. The molecule has 0 aliphatic carbocycles. The van der Waals surface area contributed by atoms with Gasteiger partial charge in [0.1, 0.15) is 12.2 Å². The van der Waals surface area contributed by atoms with Gasteiger partial charge >= 0.3 is 6.18 Å². The van der Waals surface area contributed by atoms with Gasteiger partial charge in [-0.3, -0.25) is 4.79 Å². The fourth-order valence-electron chi connectivity index (χ4n) is 1.45. The molecule has 4 nitrogen and oxygen atoms in total. The lowest BCUT2D eigenvalue weighted by molar-refractivity contribution is -0.140. The summed E-state index contributed by atoms with van der Waals surface area (Å²) in [6.45, 7) is 0.327. The first kappa shape index (κ1) is 16.0. The van der Waals surface area contributed by atoms with Crippen LogP contribution in [0.2, 0.25) is 0 Å². The fraction of sp³-hybridized carbons (Fsp3) is 0.385. The highest BCUT2D eigenvalue weighted by molar-refractivity contribution is 5.92. The minimum absolute atomic E-state index is 0.0469. The maximum atomic E-state index is 12.3. The van der Waals surface area contributed by atoms with Gasteiger partial charge in [0, 0.05) is 18.3 Å². The van der Waals surface area contributed by atoms with Crippen LogP contribution in [0.1, 0.15) is 23.0 Å². The lowest BCUT2D eigenvalue weighted by Gasteiger charge is -2.21. The van der Waals surface area contributed by atoms with Gasteiger partial charge in [-0.25, -0.2) is 4.98 Å². The summed E-state index contributed by atoms with van der Waals surface area (Å²) in [7, 11) is 0. The Morgan fingerprint density at radius 2 is 2.15 bits per heavy atom. The van der Waals surface area contributed by atoms with Crippen LogP contribution in [0.15, 0.2) is 18.3 Å². The van der Waals surface area contributed by atoms with Crippen LogP contribution in [0.3, 0.4) is 0 Å². The van der Waals surface area contributed by atoms with Crippen molar-refractivity contribution in [2.45, 2.75) is 13.1 Å². The molecular weight excluding hydrogens is 271 g/mol. The second-order valence-corrected chi connectivity index (χ2v) is 3.87. The number of alkyl halides is 3. The third kappa shape index (κ3) is 4.90. The third-order valence-corrected chi connectivity index (χ3v) is 2.36. The van der Waals surface area contributed by atoms with Crippen molar-refractivity contribution in [1.82, 2.24) is 9.88 Å². The van der Waals surface area contributed by atoms with Gasteiger partial charge in [-0.15, -0.1) is 0 Å². The molecule has 0 aromatic carbocycles. The summed E-state index contributed by atoms with van der Waals surface area (Å²) < 4.78 is 37.0. The van der Waals surface area contributed by atoms with Crippen molar-refractivity contribution < 1.29 is 18.0 Å². The average molecular weight is 285 g/mol. The van der Waals surface area contributed by atoms with Crippen LogP contribution in [0.5, 0.6) is 0 Å². The Kier molecular flexibility index (Phi) is 5.53. The van der Waals surface area contributed by atoms with Crippen LogP contribution in [0.4, 0.5) is 13.2 Å². The van der Waals surface area contributed by atoms with Crippen molar-refractivity contribution in [2.24, 2.45) is 5.73 Å². The molecule has 20 heavy (non-hydrogen) atoms. The van der Waals surface area contributed by atoms with E-state index in [4.69, 9.17) is 5.73 Å². The van der Waals surface area contributed by atoms with Crippen molar-refractivity contribution in [1.29, 1.82) is 0 Å². The normalized spacial score (nSPS) is 10.7. The highest BCUT2D eigenvalue weighted by atomic mass is 19.4. The van der Waals surface area contributed by atoms with Crippen molar-refractivity contribution in [3.8, 4) is 11.8 Å². The Labute approximate surface area is 114 Å².